The molecule has 13 heteroatoms. The summed E-state index contributed by atoms with van der Waals surface area (Å²) in [5.41, 5.74) is -0.322. The Hall–Kier alpha value is 0.444. The fraction of sp³-hybridized carbons (Fsp3) is 0.889. The normalized spacial score (nSPS) is 25.7. The molecule has 0 bridgehead atoms. The summed E-state index contributed by atoms with van der Waals surface area (Å²) in [5.74, 6) is 0. The van der Waals surface area contributed by atoms with Crippen LogP contribution in [0.3, 0.4) is 0 Å². The molecule has 0 aromatic carbocycles. The van der Waals surface area contributed by atoms with Crippen molar-refractivity contribution in [3.8, 4) is 0 Å². The van der Waals surface area contributed by atoms with Crippen LogP contribution >= 0.6 is 11.8 Å². The summed E-state index contributed by atoms with van der Waals surface area (Å²) >= 11 is 1.63. The van der Waals surface area contributed by atoms with Crippen LogP contribution in [0.1, 0.15) is 19.3 Å². The maximum Gasteiger partial charge on any atom is 0.278 e. The minimum atomic E-state index is -2.00. The van der Waals surface area contributed by atoms with E-state index in [0.29, 0.717) is 6.61 Å². The van der Waals surface area contributed by atoms with E-state index in [1.54, 1.807) is 11.8 Å². The Morgan fingerprint density at radius 3 is 1.68 bits per heavy atom. The zero-order valence-electron chi connectivity index (χ0n) is 28.3. The quantitative estimate of drug-likeness (QED) is 0.0408. The van der Waals surface area contributed by atoms with E-state index >= 15 is 0 Å². The Kier molecular flexibility index (Phi) is 14.9. The summed E-state index contributed by atoms with van der Waals surface area (Å²) < 4.78 is 40.3. The minimum absolute atomic E-state index is 0.265. The smallest absolute Gasteiger partial charge is 0.278 e. The standard InChI is InChI=1S/C27H61NO6SSi5/c1-17-18-19-20-23(28-34-40(14,15)16)35-27-26(33-39(11,12)13)25(32-38(8,9)10)24(31-37(5,6)7)22(30-27)21-29-36(2,3)4/h17,22,24-27H,1,18-21H2,2-16H3. The molecule has 1 rings (SSSR count). The van der Waals surface area contributed by atoms with Gasteiger partial charge in [0.25, 0.3) is 8.32 Å². The number of thioether (sulfide) groups is 1. The van der Waals surface area contributed by atoms with Crippen molar-refractivity contribution < 1.29 is 27.0 Å². The zero-order chi connectivity index (χ0) is 31.2. The van der Waals surface area contributed by atoms with Crippen molar-refractivity contribution in [1.29, 1.82) is 0 Å². The lowest BCUT2D eigenvalue weighted by molar-refractivity contribution is -0.188. The van der Waals surface area contributed by atoms with Crippen LogP contribution in [-0.4, -0.2) is 83.1 Å². The number of unbranched alkanes of at least 4 members (excludes halogenated alkanes) is 1. The average Bonchev–Trinajstić information content (AvgIpc) is 2.71. The Balaban J connectivity index is 3.64. The first-order chi connectivity index (χ1) is 17.9. The second kappa shape index (κ2) is 15.4. The number of oxime groups is 1. The summed E-state index contributed by atoms with van der Waals surface area (Å²) in [7, 11) is -9.61. The number of hydrogen-bond acceptors (Lipinski definition) is 8. The van der Waals surface area contributed by atoms with Gasteiger partial charge >= 0.3 is 0 Å². The van der Waals surface area contributed by atoms with Gasteiger partial charge in [-0.25, -0.2) is 0 Å². The predicted octanol–water partition coefficient (Wildman–Crippen LogP) is 8.48. The van der Waals surface area contributed by atoms with Crippen LogP contribution in [0.25, 0.3) is 0 Å². The van der Waals surface area contributed by atoms with Crippen LogP contribution in [0.5, 0.6) is 0 Å². The van der Waals surface area contributed by atoms with Crippen molar-refractivity contribution in [2.45, 2.75) is 147 Å². The van der Waals surface area contributed by atoms with Gasteiger partial charge in [-0.15, -0.1) is 6.58 Å². The molecule has 0 spiro atoms. The lowest BCUT2D eigenvalue weighted by atomic mass is 10.0. The van der Waals surface area contributed by atoms with E-state index in [4.69, 9.17) is 27.0 Å². The minimum Gasteiger partial charge on any atom is -0.455 e. The van der Waals surface area contributed by atoms with E-state index in [9.17, 15) is 0 Å². The molecule has 1 saturated heterocycles. The topological polar surface area (TPSA) is 67.7 Å². The first-order valence-electron chi connectivity index (χ1n) is 14.7. The van der Waals surface area contributed by atoms with E-state index in [1.807, 2.05) is 6.08 Å². The molecule has 0 saturated carbocycles. The number of rotatable bonds is 16. The van der Waals surface area contributed by atoms with Crippen LogP contribution in [0.2, 0.25) is 98.2 Å². The van der Waals surface area contributed by atoms with E-state index in [-0.39, 0.29) is 29.9 Å². The van der Waals surface area contributed by atoms with Crippen molar-refractivity contribution in [2.75, 3.05) is 6.61 Å². The van der Waals surface area contributed by atoms with Crippen molar-refractivity contribution in [3.05, 3.63) is 12.7 Å². The third kappa shape index (κ3) is 16.9. The van der Waals surface area contributed by atoms with Gasteiger partial charge in [-0.2, -0.15) is 0 Å². The molecule has 1 aliphatic rings. The van der Waals surface area contributed by atoms with Crippen LogP contribution in [-0.2, 0) is 27.0 Å². The summed E-state index contributed by atoms with van der Waals surface area (Å²) in [4.78, 5) is 0. The summed E-state index contributed by atoms with van der Waals surface area (Å²) in [6, 6.07) is 0. The molecule has 0 aliphatic carbocycles. The van der Waals surface area contributed by atoms with E-state index in [0.717, 1.165) is 24.3 Å². The first-order valence-corrected chi connectivity index (χ1v) is 32.7. The van der Waals surface area contributed by atoms with Crippen LogP contribution in [0.4, 0.5) is 0 Å². The fourth-order valence-corrected chi connectivity index (χ4v) is 9.54. The van der Waals surface area contributed by atoms with Crippen molar-refractivity contribution >= 4 is 58.4 Å². The molecular formula is C27H61NO6SSi5. The molecule has 0 aromatic rings. The molecule has 0 aromatic heterocycles. The van der Waals surface area contributed by atoms with Crippen molar-refractivity contribution in [2.24, 2.45) is 5.16 Å². The van der Waals surface area contributed by atoms with Gasteiger partial charge in [-0.05, 0) is 117 Å². The second-order valence-electron chi connectivity index (χ2n) is 15.5. The van der Waals surface area contributed by atoms with Gasteiger partial charge in [0.15, 0.2) is 33.3 Å². The van der Waals surface area contributed by atoms with Crippen molar-refractivity contribution in [3.63, 3.8) is 0 Å². The van der Waals surface area contributed by atoms with E-state index in [1.165, 1.54) is 0 Å². The summed E-state index contributed by atoms with van der Waals surface area (Å²) in [5, 5.41) is 5.61. The third-order valence-corrected chi connectivity index (χ3v) is 11.0. The molecule has 0 amide bonds. The molecule has 1 fully saturated rings. The Morgan fingerprint density at radius 1 is 0.725 bits per heavy atom. The highest BCUT2D eigenvalue weighted by molar-refractivity contribution is 8.14. The number of ether oxygens (including phenoxy) is 1. The summed E-state index contributed by atoms with van der Waals surface area (Å²) in [6.07, 6.45) is 3.52. The molecule has 5 unspecified atom stereocenters. The third-order valence-electron chi connectivity index (χ3n) is 5.21. The molecule has 5 atom stereocenters. The lowest BCUT2D eigenvalue weighted by Gasteiger charge is -2.51. The van der Waals surface area contributed by atoms with Gasteiger partial charge in [0.1, 0.15) is 34.9 Å². The van der Waals surface area contributed by atoms with Gasteiger partial charge in [0, 0.05) is 0 Å². The molecule has 0 radical (unpaired) electrons. The van der Waals surface area contributed by atoms with E-state index in [2.05, 4.69) is 110 Å². The molecule has 1 heterocycles. The van der Waals surface area contributed by atoms with Gasteiger partial charge < -0.3 is 27.0 Å². The fourth-order valence-electron chi connectivity index (χ4n) is 3.91. The second-order valence-corrected chi connectivity index (χ2v) is 39.0. The van der Waals surface area contributed by atoms with Crippen LogP contribution < -0.4 is 0 Å². The molecule has 40 heavy (non-hydrogen) atoms. The Labute approximate surface area is 256 Å². The van der Waals surface area contributed by atoms with Gasteiger partial charge in [0.05, 0.1) is 6.61 Å². The van der Waals surface area contributed by atoms with E-state index < -0.39 is 41.6 Å². The molecular weight excluding hydrogens is 607 g/mol. The lowest BCUT2D eigenvalue weighted by Crippen LogP contribution is -2.65. The molecule has 0 N–H and O–H groups in total. The molecule has 1 aliphatic heterocycles. The van der Waals surface area contributed by atoms with Crippen molar-refractivity contribution in [1.82, 2.24) is 0 Å². The van der Waals surface area contributed by atoms with Crippen LogP contribution in [0.15, 0.2) is 17.8 Å². The molecule has 236 valence electrons. The SMILES string of the molecule is C=CCCCC(=NO[Si](C)(C)C)SC1OC(CO[Si](C)(C)C)C(O[Si](C)(C)C)C(O[Si](C)(C)C)C1O[Si](C)(C)C. The average molecular weight is 668 g/mol. The number of hydrogen-bond donors (Lipinski definition) is 0. The van der Waals surface area contributed by atoms with Crippen LogP contribution in [0, 0.1) is 0 Å². The Bertz CT molecular complexity index is 815. The highest BCUT2D eigenvalue weighted by atomic mass is 32.2. The first kappa shape index (κ1) is 38.5. The van der Waals surface area contributed by atoms with Gasteiger partial charge in [0.2, 0.25) is 0 Å². The highest BCUT2D eigenvalue weighted by Crippen LogP contribution is 2.39. The predicted molar refractivity (Wildman–Crippen MR) is 186 cm³/mol. The maximum absolute atomic E-state index is 7.00. The Morgan fingerprint density at radius 2 is 1.23 bits per heavy atom. The number of nitrogens with zero attached hydrogens (tertiary/aromatic N) is 1. The monoisotopic (exact) mass is 667 g/mol. The number of allylic oxidation sites excluding steroid dienone is 1. The zero-order valence-corrected chi connectivity index (χ0v) is 34.1. The maximum atomic E-state index is 7.00. The summed E-state index contributed by atoms with van der Waals surface area (Å²) in [6.45, 7) is 37.5. The largest absolute Gasteiger partial charge is 0.455 e. The molecule has 7 nitrogen and oxygen atoms in total. The van der Waals surface area contributed by atoms with Gasteiger partial charge in [-0.1, -0.05) is 23.0 Å². The highest BCUT2D eigenvalue weighted by Gasteiger charge is 2.52. The van der Waals surface area contributed by atoms with Gasteiger partial charge in [-0.3, -0.25) is 0 Å².